The third-order valence-electron chi connectivity index (χ3n) is 5.04. The Hall–Kier alpha value is -3.92. The number of hydrogen-bond acceptors (Lipinski definition) is 4. The molecule has 0 saturated carbocycles. The maximum absolute atomic E-state index is 12.4. The van der Waals surface area contributed by atoms with E-state index in [-0.39, 0.29) is 0 Å². The Morgan fingerprint density at radius 2 is 1.56 bits per heavy atom. The molecule has 0 aliphatic heterocycles. The molecule has 0 saturated heterocycles. The molecule has 4 aromatic carbocycles. The van der Waals surface area contributed by atoms with E-state index in [4.69, 9.17) is 9.47 Å². The summed E-state index contributed by atoms with van der Waals surface area (Å²) in [4.78, 5) is 17.0. The number of unbranched alkanes of at least 4 members (excludes halogenated alkanes) is 1. The number of esters is 1. The van der Waals surface area contributed by atoms with Crippen LogP contribution in [-0.4, -0.2) is 18.8 Å². The van der Waals surface area contributed by atoms with Crippen LogP contribution in [0.15, 0.2) is 96.0 Å². The van der Waals surface area contributed by atoms with Crippen molar-refractivity contribution in [2.45, 2.75) is 19.8 Å². The Balaban J connectivity index is 1.35. The highest BCUT2D eigenvalue weighted by Crippen LogP contribution is 2.21. The SMILES string of the molecule is CCCCOc1ccc(C(=O)Oc2ccc(C=Nc3ccc4ccccc4c3)cc2)cc1. The quantitative estimate of drug-likeness (QED) is 0.133. The van der Waals surface area contributed by atoms with Crippen molar-refractivity contribution in [3.63, 3.8) is 0 Å². The molecule has 0 aliphatic carbocycles. The van der Waals surface area contributed by atoms with E-state index in [2.05, 4.69) is 36.2 Å². The highest BCUT2D eigenvalue weighted by molar-refractivity contribution is 5.91. The number of hydrogen-bond donors (Lipinski definition) is 0. The predicted molar refractivity (Wildman–Crippen MR) is 129 cm³/mol. The van der Waals surface area contributed by atoms with Crippen LogP contribution >= 0.6 is 0 Å². The summed E-state index contributed by atoms with van der Waals surface area (Å²) in [5, 5.41) is 2.35. The van der Waals surface area contributed by atoms with Gasteiger partial charge in [-0.3, -0.25) is 4.99 Å². The van der Waals surface area contributed by atoms with Crippen molar-refractivity contribution >= 4 is 28.6 Å². The number of carbonyl (C=O) groups excluding carboxylic acids is 1. The minimum absolute atomic E-state index is 0.400. The van der Waals surface area contributed by atoms with Gasteiger partial charge in [-0.05, 0) is 83.4 Å². The summed E-state index contributed by atoms with van der Waals surface area (Å²) in [6.07, 6.45) is 3.89. The van der Waals surface area contributed by atoms with Gasteiger partial charge in [0.25, 0.3) is 0 Å². The van der Waals surface area contributed by atoms with Crippen molar-refractivity contribution < 1.29 is 14.3 Å². The molecule has 0 amide bonds. The number of carbonyl (C=O) groups is 1. The van der Waals surface area contributed by atoms with E-state index in [0.717, 1.165) is 35.2 Å². The van der Waals surface area contributed by atoms with E-state index in [1.54, 1.807) is 42.6 Å². The van der Waals surface area contributed by atoms with Crippen LogP contribution in [0.25, 0.3) is 10.8 Å². The van der Waals surface area contributed by atoms with Gasteiger partial charge < -0.3 is 9.47 Å². The summed E-state index contributed by atoms with van der Waals surface area (Å²) in [6.45, 7) is 2.80. The lowest BCUT2D eigenvalue weighted by atomic mass is 10.1. The summed E-state index contributed by atoms with van der Waals surface area (Å²) in [7, 11) is 0. The van der Waals surface area contributed by atoms with Crippen molar-refractivity contribution in [2.75, 3.05) is 6.61 Å². The molecule has 0 aliphatic rings. The number of aliphatic imine (C=N–C) groups is 1. The molecule has 0 bridgehead atoms. The third-order valence-corrected chi connectivity index (χ3v) is 5.04. The summed E-state index contributed by atoms with van der Waals surface area (Å²) >= 11 is 0. The third kappa shape index (κ3) is 5.61. The van der Waals surface area contributed by atoms with Gasteiger partial charge in [0.1, 0.15) is 11.5 Å². The highest BCUT2D eigenvalue weighted by Gasteiger charge is 2.09. The molecule has 0 unspecified atom stereocenters. The molecule has 4 nitrogen and oxygen atoms in total. The van der Waals surface area contributed by atoms with Crippen LogP contribution in [0.1, 0.15) is 35.7 Å². The molecule has 4 aromatic rings. The van der Waals surface area contributed by atoms with Gasteiger partial charge in [-0.2, -0.15) is 0 Å². The van der Waals surface area contributed by atoms with Gasteiger partial charge in [-0.25, -0.2) is 4.79 Å². The minimum Gasteiger partial charge on any atom is -0.494 e. The van der Waals surface area contributed by atoms with Gasteiger partial charge in [-0.15, -0.1) is 0 Å². The summed E-state index contributed by atoms with van der Waals surface area (Å²) in [6, 6.07) is 28.6. The number of benzene rings is 4. The molecule has 0 aromatic heterocycles. The normalized spacial score (nSPS) is 11.0. The van der Waals surface area contributed by atoms with Crippen LogP contribution in [0.3, 0.4) is 0 Å². The standard InChI is InChI=1S/C28H25NO3/c1-2-3-18-31-26-16-11-23(12-17-26)28(30)32-27-14-8-21(9-15-27)20-29-25-13-10-22-6-4-5-7-24(22)19-25/h4-17,19-20H,2-3,18H2,1H3. The average molecular weight is 424 g/mol. The fourth-order valence-electron chi connectivity index (χ4n) is 3.22. The first-order valence-electron chi connectivity index (χ1n) is 10.8. The van der Waals surface area contributed by atoms with Gasteiger partial charge in [-0.1, -0.05) is 43.7 Å². The molecule has 0 atom stereocenters. The molecule has 0 N–H and O–H groups in total. The van der Waals surface area contributed by atoms with E-state index in [9.17, 15) is 4.79 Å². The van der Waals surface area contributed by atoms with Gasteiger partial charge in [0.15, 0.2) is 0 Å². The van der Waals surface area contributed by atoms with Crippen LogP contribution in [0.2, 0.25) is 0 Å². The van der Waals surface area contributed by atoms with Crippen LogP contribution in [0, 0.1) is 0 Å². The topological polar surface area (TPSA) is 47.9 Å². The highest BCUT2D eigenvalue weighted by atomic mass is 16.5. The summed E-state index contributed by atoms with van der Waals surface area (Å²) in [5.74, 6) is 0.842. The summed E-state index contributed by atoms with van der Waals surface area (Å²) in [5.41, 5.74) is 2.29. The molecular formula is C28H25NO3. The van der Waals surface area contributed by atoms with E-state index in [1.807, 2.05) is 30.3 Å². The predicted octanol–water partition coefficient (Wildman–Crippen LogP) is 6.99. The zero-order valence-corrected chi connectivity index (χ0v) is 18.0. The molecule has 0 fully saturated rings. The zero-order chi connectivity index (χ0) is 22.2. The first-order valence-corrected chi connectivity index (χ1v) is 10.8. The average Bonchev–Trinajstić information content (AvgIpc) is 2.84. The van der Waals surface area contributed by atoms with Crippen LogP contribution in [0.5, 0.6) is 11.5 Å². The Morgan fingerprint density at radius 3 is 2.31 bits per heavy atom. The van der Waals surface area contributed by atoms with Gasteiger partial charge >= 0.3 is 5.97 Å². The van der Waals surface area contributed by atoms with Crippen molar-refractivity contribution in [1.82, 2.24) is 0 Å². The fraction of sp³-hybridized carbons (Fsp3) is 0.143. The first kappa shape index (κ1) is 21.3. The molecular weight excluding hydrogens is 398 g/mol. The van der Waals surface area contributed by atoms with Gasteiger partial charge in [0.05, 0.1) is 17.9 Å². The van der Waals surface area contributed by atoms with E-state index < -0.39 is 5.97 Å². The largest absolute Gasteiger partial charge is 0.494 e. The second kappa shape index (κ2) is 10.4. The number of fused-ring (bicyclic) bond motifs is 1. The van der Waals surface area contributed by atoms with E-state index in [1.165, 1.54) is 5.39 Å². The zero-order valence-electron chi connectivity index (χ0n) is 18.0. The second-order valence-corrected chi connectivity index (χ2v) is 7.47. The van der Waals surface area contributed by atoms with E-state index >= 15 is 0 Å². The molecule has 0 spiro atoms. The smallest absolute Gasteiger partial charge is 0.343 e. The molecule has 4 heteroatoms. The van der Waals surface area contributed by atoms with Crippen molar-refractivity contribution in [3.8, 4) is 11.5 Å². The van der Waals surface area contributed by atoms with Gasteiger partial charge in [0.2, 0.25) is 0 Å². The molecule has 32 heavy (non-hydrogen) atoms. The monoisotopic (exact) mass is 423 g/mol. The maximum Gasteiger partial charge on any atom is 0.343 e. The van der Waals surface area contributed by atoms with Crippen LogP contribution in [0.4, 0.5) is 5.69 Å². The Kier molecular flexibility index (Phi) is 6.93. The van der Waals surface area contributed by atoms with Gasteiger partial charge in [0, 0.05) is 6.21 Å². The lowest BCUT2D eigenvalue weighted by Crippen LogP contribution is -2.08. The molecule has 160 valence electrons. The van der Waals surface area contributed by atoms with Crippen molar-refractivity contribution in [2.24, 2.45) is 4.99 Å². The Labute approximate surface area is 188 Å². The van der Waals surface area contributed by atoms with Crippen molar-refractivity contribution in [1.29, 1.82) is 0 Å². The lowest BCUT2D eigenvalue weighted by Gasteiger charge is -2.07. The first-order chi connectivity index (χ1) is 15.7. The lowest BCUT2D eigenvalue weighted by molar-refractivity contribution is 0.0734. The van der Waals surface area contributed by atoms with Crippen LogP contribution in [-0.2, 0) is 0 Å². The maximum atomic E-state index is 12.4. The molecule has 0 heterocycles. The number of rotatable bonds is 8. The number of nitrogens with zero attached hydrogens (tertiary/aromatic N) is 1. The summed E-state index contributed by atoms with van der Waals surface area (Å²) < 4.78 is 11.1. The minimum atomic E-state index is -0.400. The molecule has 0 radical (unpaired) electrons. The number of ether oxygens (including phenoxy) is 2. The van der Waals surface area contributed by atoms with Crippen molar-refractivity contribution in [3.05, 3.63) is 102 Å². The second-order valence-electron chi connectivity index (χ2n) is 7.47. The Bertz CT molecular complexity index is 1210. The fourth-order valence-corrected chi connectivity index (χ4v) is 3.22. The Morgan fingerprint density at radius 1 is 0.844 bits per heavy atom. The molecule has 4 rings (SSSR count). The van der Waals surface area contributed by atoms with Crippen LogP contribution < -0.4 is 9.47 Å². The van der Waals surface area contributed by atoms with E-state index in [0.29, 0.717) is 17.9 Å².